The number of nitrogens with one attached hydrogen (secondary N) is 1. The number of hydrogen-bond donors (Lipinski definition) is 1. The number of aromatic nitrogens is 4. The fourth-order valence-corrected chi connectivity index (χ4v) is 4.16. The van der Waals surface area contributed by atoms with Crippen LogP contribution in [0.1, 0.15) is 34.8 Å². The number of amides is 3. The van der Waals surface area contributed by atoms with Crippen LogP contribution in [0, 0.1) is 20.8 Å². The molecule has 35 heavy (non-hydrogen) atoms. The summed E-state index contributed by atoms with van der Waals surface area (Å²) in [6.45, 7) is 6.91. The molecule has 1 aliphatic heterocycles. The van der Waals surface area contributed by atoms with Crippen LogP contribution in [0.5, 0.6) is 0 Å². The first-order chi connectivity index (χ1) is 16.5. The van der Waals surface area contributed by atoms with Gasteiger partial charge in [0.15, 0.2) is 0 Å². The van der Waals surface area contributed by atoms with E-state index in [1.165, 1.54) is 0 Å². The number of halogens is 3. The first kappa shape index (κ1) is 24.4. The van der Waals surface area contributed by atoms with Crippen LogP contribution >= 0.6 is 0 Å². The highest BCUT2D eigenvalue weighted by Gasteiger charge is 2.37. The Morgan fingerprint density at radius 1 is 1.03 bits per heavy atom. The lowest BCUT2D eigenvalue weighted by Gasteiger charge is -2.34. The second kappa shape index (κ2) is 9.51. The first-order valence-corrected chi connectivity index (χ1v) is 11.2. The zero-order valence-electron chi connectivity index (χ0n) is 19.7. The Morgan fingerprint density at radius 3 is 2.37 bits per heavy atom. The molecule has 0 saturated carbocycles. The van der Waals surface area contributed by atoms with E-state index in [-0.39, 0.29) is 24.1 Å². The Balaban J connectivity index is 1.34. The molecule has 0 atom stereocenters. The quantitative estimate of drug-likeness (QED) is 0.606. The third-order valence-electron chi connectivity index (χ3n) is 6.08. The molecule has 0 bridgehead atoms. The van der Waals surface area contributed by atoms with E-state index in [1.807, 2.05) is 31.2 Å². The molecule has 0 unspecified atom stereocenters. The molecule has 1 fully saturated rings. The van der Waals surface area contributed by atoms with Gasteiger partial charge in [-0.05, 0) is 50.5 Å². The average molecular weight is 490 g/mol. The molecule has 0 radical (unpaired) electrons. The van der Waals surface area contributed by atoms with Crippen molar-refractivity contribution in [1.82, 2.24) is 29.4 Å². The maximum absolute atomic E-state index is 13.0. The largest absolute Gasteiger partial charge is 0.453 e. The minimum Gasteiger partial charge on any atom is -0.339 e. The minimum absolute atomic E-state index is 0.0859. The predicted octanol–water partition coefficient (Wildman–Crippen LogP) is 3.38. The number of nitrogens with zero attached hydrogens (tertiary/aromatic N) is 6. The Kier molecular flexibility index (Phi) is 6.64. The van der Waals surface area contributed by atoms with E-state index < -0.39 is 12.0 Å². The number of urea groups is 1. The smallest absolute Gasteiger partial charge is 0.339 e. The van der Waals surface area contributed by atoms with Crippen molar-refractivity contribution >= 4 is 23.4 Å². The molecular formula is C23H26F3N7O2. The number of carbonyl (C=O) groups excluding carboxylic acids is 2. The van der Waals surface area contributed by atoms with Gasteiger partial charge in [-0.15, -0.1) is 5.10 Å². The van der Waals surface area contributed by atoms with Crippen molar-refractivity contribution in [2.24, 2.45) is 0 Å². The highest BCUT2D eigenvalue weighted by Crippen LogP contribution is 2.27. The number of carbonyl (C=O) groups is 2. The lowest BCUT2D eigenvalue weighted by Crippen LogP contribution is -2.51. The average Bonchev–Trinajstić information content (AvgIpc) is 3.24. The summed E-state index contributed by atoms with van der Waals surface area (Å²) in [6, 6.07) is 7.32. The van der Waals surface area contributed by atoms with Crippen LogP contribution in [-0.4, -0.2) is 67.5 Å². The summed E-state index contributed by atoms with van der Waals surface area (Å²) in [7, 11) is 0. The standard InChI is InChI=1S/C23H26F3N7O2/c1-14-5-4-6-17(13-14)28-22(35)32-11-9-31(10-12-32)19(34)8-7-18-15(2)27-21-29-20(23(24,25)26)30-33(21)16(18)3/h4-6,13H,7-12H2,1-3H3,(H,28,35). The number of fused-ring (bicyclic) bond motifs is 1. The van der Waals surface area contributed by atoms with Gasteiger partial charge in [0.05, 0.1) is 0 Å². The lowest BCUT2D eigenvalue weighted by atomic mass is 10.1. The summed E-state index contributed by atoms with van der Waals surface area (Å²) in [5.41, 5.74) is 3.42. The Labute approximate surface area is 199 Å². The van der Waals surface area contributed by atoms with Crippen molar-refractivity contribution in [2.75, 3.05) is 31.5 Å². The van der Waals surface area contributed by atoms with Gasteiger partial charge in [0, 0.05) is 49.7 Å². The van der Waals surface area contributed by atoms with Crippen LogP contribution in [0.2, 0.25) is 0 Å². The molecule has 3 aromatic rings. The van der Waals surface area contributed by atoms with Crippen molar-refractivity contribution in [1.29, 1.82) is 0 Å². The summed E-state index contributed by atoms with van der Waals surface area (Å²) in [5, 5.41) is 6.42. The maximum atomic E-state index is 13.0. The highest BCUT2D eigenvalue weighted by molar-refractivity contribution is 5.89. The molecule has 186 valence electrons. The van der Waals surface area contributed by atoms with Gasteiger partial charge in [0.1, 0.15) is 0 Å². The molecule has 3 heterocycles. The molecule has 2 aromatic heterocycles. The molecule has 9 nitrogen and oxygen atoms in total. The van der Waals surface area contributed by atoms with E-state index in [1.54, 1.807) is 23.6 Å². The molecule has 1 N–H and O–H groups in total. The number of aryl methyl sites for hydroxylation is 3. The van der Waals surface area contributed by atoms with Crippen LogP contribution in [0.3, 0.4) is 0 Å². The van der Waals surface area contributed by atoms with Gasteiger partial charge in [-0.25, -0.2) is 14.3 Å². The van der Waals surface area contributed by atoms with E-state index >= 15 is 0 Å². The lowest BCUT2D eigenvalue weighted by molar-refractivity contribution is -0.144. The van der Waals surface area contributed by atoms with Crippen molar-refractivity contribution in [3.8, 4) is 0 Å². The molecule has 12 heteroatoms. The molecule has 1 aromatic carbocycles. The second-order valence-electron chi connectivity index (χ2n) is 8.57. The van der Waals surface area contributed by atoms with E-state index in [2.05, 4.69) is 20.4 Å². The van der Waals surface area contributed by atoms with Crippen molar-refractivity contribution in [3.05, 3.63) is 52.6 Å². The van der Waals surface area contributed by atoms with Crippen LogP contribution in [0.15, 0.2) is 24.3 Å². The van der Waals surface area contributed by atoms with Gasteiger partial charge in [0.25, 0.3) is 11.6 Å². The normalized spacial score (nSPS) is 14.5. The van der Waals surface area contributed by atoms with E-state index in [0.29, 0.717) is 49.6 Å². The van der Waals surface area contributed by atoms with Gasteiger partial charge in [-0.2, -0.15) is 18.2 Å². The topological polar surface area (TPSA) is 95.7 Å². The summed E-state index contributed by atoms with van der Waals surface area (Å²) in [6.07, 6.45) is -4.18. The van der Waals surface area contributed by atoms with E-state index in [9.17, 15) is 22.8 Å². The summed E-state index contributed by atoms with van der Waals surface area (Å²) < 4.78 is 40.0. The molecular weight excluding hydrogens is 463 g/mol. The Hall–Kier alpha value is -3.70. The zero-order valence-corrected chi connectivity index (χ0v) is 19.7. The molecule has 1 aliphatic rings. The van der Waals surface area contributed by atoms with Crippen LogP contribution in [0.25, 0.3) is 5.78 Å². The van der Waals surface area contributed by atoms with Crippen LogP contribution in [0.4, 0.5) is 23.7 Å². The van der Waals surface area contributed by atoms with Crippen molar-refractivity contribution < 1.29 is 22.8 Å². The highest BCUT2D eigenvalue weighted by atomic mass is 19.4. The number of piperazine rings is 1. The number of alkyl halides is 3. The molecule has 1 saturated heterocycles. The van der Waals surface area contributed by atoms with Crippen LogP contribution in [-0.2, 0) is 17.4 Å². The van der Waals surface area contributed by atoms with Crippen LogP contribution < -0.4 is 5.32 Å². The maximum Gasteiger partial charge on any atom is 0.453 e. The minimum atomic E-state index is -4.66. The number of anilines is 1. The van der Waals surface area contributed by atoms with Crippen molar-refractivity contribution in [2.45, 2.75) is 39.8 Å². The van der Waals surface area contributed by atoms with Crippen molar-refractivity contribution in [3.63, 3.8) is 0 Å². The Bertz CT molecular complexity index is 1260. The number of rotatable bonds is 4. The molecule has 3 amide bonds. The zero-order chi connectivity index (χ0) is 25.3. The SMILES string of the molecule is Cc1cccc(NC(=O)N2CCN(C(=O)CCc3c(C)nc4nc(C(F)(F)F)nn4c3C)CC2)c1. The summed E-state index contributed by atoms with van der Waals surface area (Å²) in [5.74, 6) is -1.45. The Morgan fingerprint density at radius 2 is 1.71 bits per heavy atom. The monoisotopic (exact) mass is 489 g/mol. The fraction of sp³-hybridized carbons (Fsp3) is 0.435. The number of benzene rings is 1. The predicted molar refractivity (Wildman–Crippen MR) is 122 cm³/mol. The molecule has 0 spiro atoms. The second-order valence-corrected chi connectivity index (χ2v) is 8.57. The van der Waals surface area contributed by atoms with Gasteiger partial charge < -0.3 is 15.1 Å². The van der Waals surface area contributed by atoms with E-state index in [0.717, 1.165) is 15.8 Å². The summed E-state index contributed by atoms with van der Waals surface area (Å²) in [4.78, 5) is 36.3. The van der Waals surface area contributed by atoms with Gasteiger partial charge in [0.2, 0.25) is 5.91 Å². The third-order valence-corrected chi connectivity index (χ3v) is 6.08. The van der Waals surface area contributed by atoms with Gasteiger partial charge >= 0.3 is 12.2 Å². The molecule has 4 rings (SSSR count). The fourth-order valence-electron chi connectivity index (χ4n) is 4.16. The van der Waals surface area contributed by atoms with Gasteiger partial charge in [-0.3, -0.25) is 4.79 Å². The molecule has 0 aliphatic carbocycles. The third kappa shape index (κ3) is 5.36. The first-order valence-electron chi connectivity index (χ1n) is 11.2. The van der Waals surface area contributed by atoms with Gasteiger partial charge in [-0.1, -0.05) is 12.1 Å². The summed E-state index contributed by atoms with van der Waals surface area (Å²) >= 11 is 0. The van der Waals surface area contributed by atoms with E-state index in [4.69, 9.17) is 0 Å². The number of hydrogen-bond acceptors (Lipinski definition) is 5.